The van der Waals surface area contributed by atoms with E-state index in [0.717, 1.165) is 4.83 Å². The average Bonchev–Trinajstić information content (AvgIpc) is 2.93. The second kappa shape index (κ2) is 4.12. The lowest BCUT2D eigenvalue weighted by Crippen LogP contribution is -2.38. The molecule has 1 saturated carbocycles. The van der Waals surface area contributed by atoms with E-state index in [1.807, 2.05) is 5.38 Å². The number of nitrogens with two attached hydrogens (primary N) is 1. The van der Waals surface area contributed by atoms with Gasteiger partial charge in [0.15, 0.2) is 0 Å². The fourth-order valence-corrected chi connectivity index (χ4v) is 2.71. The van der Waals surface area contributed by atoms with Crippen LogP contribution in [0.4, 0.5) is 0 Å². The summed E-state index contributed by atoms with van der Waals surface area (Å²) in [5, 5.41) is 4.72. The first-order valence-electron chi connectivity index (χ1n) is 5.69. The molecule has 0 spiro atoms. The van der Waals surface area contributed by atoms with Crippen LogP contribution in [0, 0.1) is 5.92 Å². The third-order valence-electron chi connectivity index (χ3n) is 3.11. The third kappa shape index (κ3) is 2.05. The monoisotopic (exact) mass is 250 g/mol. The Balaban J connectivity index is 1.67. The van der Waals surface area contributed by atoms with E-state index < -0.39 is 0 Å². The number of fused-ring (bicyclic) bond motifs is 1. The Bertz CT molecular complexity index is 542. The minimum Gasteiger partial charge on any atom is -0.349 e. The van der Waals surface area contributed by atoms with E-state index in [2.05, 4.69) is 10.3 Å². The lowest BCUT2D eigenvalue weighted by Gasteiger charge is -2.10. The van der Waals surface area contributed by atoms with Gasteiger partial charge in [0.05, 0.1) is 6.20 Å². The van der Waals surface area contributed by atoms with Gasteiger partial charge in [-0.1, -0.05) is 0 Å². The number of imidazole rings is 1. The summed E-state index contributed by atoms with van der Waals surface area (Å²) in [6, 6.07) is 0.0934. The van der Waals surface area contributed by atoms with Gasteiger partial charge in [0.2, 0.25) is 0 Å². The summed E-state index contributed by atoms with van der Waals surface area (Å²) in [5.41, 5.74) is 6.57. The second-order valence-corrected chi connectivity index (χ2v) is 5.32. The van der Waals surface area contributed by atoms with Gasteiger partial charge in [-0.05, 0) is 18.8 Å². The Morgan fingerprint density at radius 2 is 2.53 bits per heavy atom. The number of hydrogen-bond acceptors (Lipinski definition) is 4. The molecule has 0 aromatic carbocycles. The molecule has 90 valence electrons. The van der Waals surface area contributed by atoms with Crippen LogP contribution in [0.5, 0.6) is 0 Å². The van der Waals surface area contributed by atoms with Crippen LogP contribution in [0.2, 0.25) is 0 Å². The van der Waals surface area contributed by atoms with Crippen LogP contribution >= 0.6 is 11.3 Å². The molecule has 2 heterocycles. The first-order valence-corrected chi connectivity index (χ1v) is 6.57. The first kappa shape index (κ1) is 10.7. The van der Waals surface area contributed by atoms with E-state index in [1.54, 1.807) is 16.9 Å². The Morgan fingerprint density at radius 3 is 3.29 bits per heavy atom. The van der Waals surface area contributed by atoms with Gasteiger partial charge in [-0.3, -0.25) is 9.20 Å². The van der Waals surface area contributed by atoms with Gasteiger partial charge in [-0.15, -0.1) is 11.3 Å². The zero-order valence-corrected chi connectivity index (χ0v) is 10.1. The molecule has 6 heteroatoms. The van der Waals surface area contributed by atoms with Crippen molar-refractivity contribution in [3.05, 3.63) is 23.6 Å². The second-order valence-electron chi connectivity index (χ2n) is 4.43. The molecule has 3 rings (SSSR count). The number of carbonyl (C=O) groups is 1. The Hall–Kier alpha value is -1.40. The quantitative estimate of drug-likeness (QED) is 0.845. The Kier molecular flexibility index (Phi) is 2.60. The van der Waals surface area contributed by atoms with Crippen LogP contribution in [0.25, 0.3) is 4.83 Å². The number of nitrogens with zero attached hydrogens (tertiary/aromatic N) is 2. The topological polar surface area (TPSA) is 72.4 Å². The summed E-state index contributed by atoms with van der Waals surface area (Å²) in [7, 11) is 0. The average molecular weight is 250 g/mol. The van der Waals surface area contributed by atoms with Crippen LogP contribution in [0.1, 0.15) is 23.3 Å². The summed E-state index contributed by atoms with van der Waals surface area (Å²) >= 11 is 1.51. The summed E-state index contributed by atoms with van der Waals surface area (Å²) in [6.07, 6.45) is 5.79. The maximum atomic E-state index is 12.0. The highest BCUT2D eigenvalue weighted by Crippen LogP contribution is 2.31. The number of carbonyl (C=O) groups excluding carboxylic acids is 1. The van der Waals surface area contributed by atoms with Crippen LogP contribution in [0.15, 0.2) is 17.9 Å². The van der Waals surface area contributed by atoms with Crippen molar-refractivity contribution in [2.75, 3.05) is 6.54 Å². The molecule has 0 radical (unpaired) electrons. The molecule has 2 aromatic heterocycles. The molecule has 0 bridgehead atoms. The lowest BCUT2D eigenvalue weighted by molar-refractivity contribution is 0.0944. The Morgan fingerprint density at radius 1 is 1.71 bits per heavy atom. The largest absolute Gasteiger partial charge is 0.349 e. The van der Waals surface area contributed by atoms with E-state index in [-0.39, 0.29) is 11.9 Å². The van der Waals surface area contributed by atoms with E-state index in [9.17, 15) is 4.79 Å². The standard InChI is InChI=1S/C11H14N4OS/c12-8(7-1-2-7)3-14-11(16)9-5-17-10-4-13-6-15(9)10/h4-8H,1-3,12H2,(H,14,16). The summed E-state index contributed by atoms with van der Waals surface area (Å²) in [5.74, 6) is 0.524. The summed E-state index contributed by atoms with van der Waals surface area (Å²) in [6.45, 7) is 0.551. The van der Waals surface area contributed by atoms with Gasteiger partial charge in [0.25, 0.3) is 5.91 Å². The third-order valence-corrected chi connectivity index (χ3v) is 4.00. The van der Waals surface area contributed by atoms with Gasteiger partial charge >= 0.3 is 0 Å². The molecular weight excluding hydrogens is 236 g/mol. The van der Waals surface area contributed by atoms with Crippen molar-refractivity contribution in [1.29, 1.82) is 0 Å². The number of amides is 1. The number of nitrogens with one attached hydrogen (secondary N) is 1. The van der Waals surface area contributed by atoms with E-state index in [1.165, 1.54) is 24.2 Å². The fraction of sp³-hybridized carbons (Fsp3) is 0.455. The number of rotatable bonds is 4. The van der Waals surface area contributed by atoms with Crippen LogP contribution in [-0.2, 0) is 0 Å². The highest BCUT2D eigenvalue weighted by molar-refractivity contribution is 7.15. The maximum Gasteiger partial charge on any atom is 0.269 e. The van der Waals surface area contributed by atoms with Gasteiger partial charge in [-0.25, -0.2) is 4.98 Å². The van der Waals surface area contributed by atoms with Crippen molar-refractivity contribution >= 4 is 22.1 Å². The van der Waals surface area contributed by atoms with Gasteiger partial charge in [0.1, 0.15) is 16.9 Å². The van der Waals surface area contributed by atoms with Gasteiger partial charge in [0, 0.05) is 18.0 Å². The summed E-state index contributed by atoms with van der Waals surface area (Å²) in [4.78, 5) is 16.9. The minimum absolute atomic E-state index is 0.0784. The van der Waals surface area contributed by atoms with Crippen LogP contribution in [-0.4, -0.2) is 27.9 Å². The SMILES string of the molecule is NC(CNC(=O)c1csc2cncn12)C1CC1. The highest BCUT2D eigenvalue weighted by Gasteiger charge is 2.28. The number of thiazole rings is 1. The lowest BCUT2D eigenvalue weighted by atomic mass is 10.2. The molecule has 3 N–H and O–H groups in total. The fourth-order valence-electron chi connectivity index (χ4n) is 1.88. The molecule has 1 amide bonds. The summed E-state index contributed by atoms with van der Waals surface area (Å²) < 4.78 is 1.79. The molecular formula is C11H14N4OS. The molecule has 1 atom stereocenters. The molecule has 17 heavy (non-hydrogen) atoms. The van der Waals surface area contributed by atoms with Crippen molar-refractivity contribution in [1.82, 2.24) is 14.7 Å². The van der Waals surface area contributed by atoms with Crippen LogP contribution < -0.4 is 11.1 Å². The zero-order chi connectivity index (χ0) is 11.8. The van der Waals surface area contributed by atoms with E-state index in [4.69, 9.17) is 5.73 Å². The van der Waals surface area contributed by atoms with Crippen molar-refractivity contribution in [2.45, 2.75) is 18.9 Å². The van der Waals surface area contributed by atoms with E-state index >= 15 is 0 Å². The predicted molar refractivity (Wildman–Crippen MR) is 66.1 cm³/mol. The van der Waals surface area contributed by atoms with Crippen molar-refractivity contribution in [2.24, 2.45) is 11.7 Å². The predicted octanol–water partition coefficient (Wildman–Crippen LogP) is 0.863. The van der Waals surface area contributed by atoms with Crippen molar-refractivity contribution in [3.8, 4) is 0 Å². The molecule has 1 aliphatic carbocycles. The van der Waals surface area contributed by atoms with Crippen molar-refractivity contribution in [3.63, 3.8) is 0 Å². The smallest absolute Gasteiger partial charge is 0.269 e. The molecule has 1 fully saturated rings. The van der Waals surface area contributed by atoms with E-state index in [0.29, 0.717) is 18.2 Å². The molecule has 0 aliphatic heterocycles. The molecule has 1 unspecified atom stereocenters. The zero-order valence-electron chi connectivity index (χ0n) is 9.30. The number of hydrogen-bond donors (Lipinski definition) is 2. The molecule has 1 aliphatic rings. The normalized spacial score (nSPS) is 17.2. The molecule has 2 aromatic rings. The Labute approximate surface area is 103 Å². The maximum absolute atomic E-state index is 12.0. The first-order chi connectivity index (χ1) is 8.25. The highest BCUT2D eigenvalue weighted by atomic mass is 32.1. The molecule has 5 nitrogen and oxygen atoms in total. The van der Waals surface area contributed by atoms with Gasteiger partial charge in [-0.2, -0.15) is 0 Å². The minimum atomic E-state index is -0.0784. The number of aromatic nitrogens is 2. The van der Waals surface area contributed by atoms with Gasteiger partial charge < -0.3 is 11.1 Å². The van der Waals surface area contributed by atoms with Crippen LogP contribution in [0.3, 0.4) is 0 Å². The van der Waals surface area contributed by atoms with Crippen molar-refractivity contribution < 1.29 is 4.79 Å². The molecule has 0 saturated heterocycles.